The second-order valence-electron chi connectivity index (χ2n) is 6.16. The summed E-state index contributed by atoms with van der Waals surface area (Å²) in [6.45, 7) is 8.13. The molecule has 2 rings (SSSR count). The average Bonchev–Trinajstić information content (AvgIpc) is 2.71. The Labute approximate surface area is 130 Å². The second kappa shape index (κ2) is 6.60. The Balaban J connectivity index is 2.00. The van der Waals surface area contributed by atoms with Crippen LogP contribution in [0.2, 0.25) is 0 Å². The van der Waals surface area contributed by atoms with Crippen molar-refractivity contribution in [1.82, 2.24) is 14.9 Å². The van der Waals surface area contributed by atoms with Crippen LogP contribution in [0.3, 0.4) is 0 Å². The predicted molar refractivity (Wildman–Crippen MR) is 81.4 cm³/mol. The third-order valence-corrected chi connectivity index (χ3v) is 3.19. The predicted octanol–water partition coefficient (Wildman–Crippen LogP) is 1.80. The summed E-state index contributed by atoms with van der Waals surface area (Å²) in [6, 6.07) is 3.59. The lowest BCUT2D eigenvalue weighted by molar-refractivity contribution is 0.0263. The van der Waals surface area contributed by atoms with Crippen LogP contribution in [0.15, 0.2) is 12.3 Å². The zero-order chi connectivity index (χ0) is 16.2. The summed E-state index contributed by atoms with van der Waals surface area (Å²) in [5.74, 6) is 0.532. The van der Waals surface area contributed by atoms with Gasteiger partial charge in [0.1, 0.15) is 17.4 Å². The van der Waals surface area contributed by atoms with Crippen LogP contribution in [0.4, 0.5) is 10.7 Å². The van der Waals surface area contributed by atoms with Crippen molar-refractivity contribution < 1.29 is 9.53 Å². The highest BCUT2D eigenvalue weighted by molar-refractivity contribution is 5.68. The number of hydrogen-bond acceptors (Lipinski definition) is 6. The Morgan fingerprint density at radius 3 is 2.77 bits per heavy atom. The lowest BCUT2D eigenvalue weighted by Crippen LogP contribution is -2.39. The van der Waals surface area contributed by atoms with E-state index in [4.69, 9.17) is 10.00 Å². The number of carbonyl (C=O) groups is 1. The second-order valence-corrected chi connectivity index (χ2v) is 6.16. The van der Waals surface area contributed by atoms with Gasteiger partial charge in [-0.3, -0.25) is 0 Å². The minimum Gasteiger partial charge on any atom is -0.444 e. The fourth-order valence-electron chi connectivity index (χ4n) is 2.19. The van der Waals surface area contributed by atoms with Crippen LogP contribution in [0.25, 0.3) is 0 Å². The zero-order valence-corrected chi connectivity index (χ0v) is 13.2. The number of ether oxygens (including phenoxy) is 1. The molecule has 0 aliphatic carbocycles. The van der Waals surface area contributed by atoms with Crippen LogP contribution in [-0.4, -0.2) is 52.7 Å². The summed E-state index contributed by atoms with van der Waals surface area (Å²) in [6.07, 6.45) is 2.10. The highest BCUT2D eigenvalue weighted by Crippen LogP contribution is 2.14. The maximum absolute atomic E-state index is 12.1. The van der Waals surface area contributed by atoms with Gasteiger partial charge in [0.15, 0.2) is 0 Å². The highest BCUT2D eigenvalue weighted by atomic mass is 16.6. The lowest BCUT2D eigenvalue weighted by atomic mass is 10.2. The van der Waals surface area contributed by atoms with Gasteiger partial charge < -0.3 is 14.5 Å². The van der Waals surface area contributed by atoms with Crippen LogP contribution in [0, 0.1) is 11.3 Å². The van der Waals surface area contributed by atoms with E-state index in [2.05, 4.69) is 9.97 Å². The number of hydrogen-bond donors (Lipinski definition) is 0. The Hall–Kier alpha value is -2.36. The Morgan fingerprint density at radius 1 is 1.32 bits per heavy atom. The van der Waals surface area contributed by atoms with Crippen LogP contribution in [-0.2, 0) is 4.74 Å². The smallest absolute Gasteiger partial charge is 0.410 e. The van der Waals surface area contributed by atoms with E-state index in [1.54, 1.807) is 17.2 Å². The van der Waals surface area contributed by atoms with Gasteiger partial charge in [0.05, 0.1) is 0 Å². The van der Waals surface area contributed by atoms with Crippen molar-refractivity contribution in [2.45, 2.75) is 32.8 Å². The van der Waals surface area contributed by atoms with Crippen molar-refractivity contribution in [1.29, 1.82) is 5.26 Å². The summed E-state index contributed by atoms with van der Waals surface area (Å²) in [7, 11) is 0. The molecule has 118 valence electrons. The molecule has 1 aliphatic heterocycles. The molecule has 0 radical (unpaired) electrons. The number of carbonyl (C=O) groups excluding carboxylic acids is 1. The minimum atomic E-state index is -0.493. The SMILES string of the molecule is CC(C)(C)OC(=O)N1CCCN(c2nccc(C#N)n2)CC1. The molecule has 0 bridgehead atoms. The molecular formula is C15H21N5O2. The van der Waals surface area contributed by atoms with Gasteiger partial charge in [0.2, 0.25) is 5.95 Å². The van der Waals surface area contributed by atoms with E-state index in [1.807, 2.05) is 31.7 Å². The van der Waals surface area contributed by atoms with Gasteiger partial charge in [0.25, 0.3) is 0 Å². The van der Waals surface area contributed by atoms with Crippen LogP contribution in [0.5, 0.6) is 0 Å². The van der Waals surface area contributed by atoms with Gasteiger partial charge in [0, 0.05) is 32.4 Å². The van der Waals surface area contributed by atoms with E-state index in [-0.39, 0.29) is 6.09 Å². The van der Waals surface area contributed by atoms with Crippen molar-refractivity contribution in [2.75, 3.05) is 31.1 Å². The topological polar surface area (TPSA) is 82.4 Å². The zero-order valence-electron chi connectivity index (χ0n) is 13.2. The first-order chi connectivity index (χ1) is 10.4. The number of aromatic nitrogens is 2. The maximum atomic E-state index is 12.1. The molecule has 1 aromatic heterocycles. The summed E-state index contributed by atoms with van der Waals surface area (Å²) in [5, 5.41) is 8.91. The third-order valence-electron chi connectivity index (χ3n) is 3.19. The average molecular weight is 303 g/mol. The van der Waals surface area contributed by atoms with Gasteiger partial charge in [-0.1, -0.05) is 0 Å². The van der Waals surface area contributed by atoms with E-state index in [9.17, 15) is 4.79 Å². The molecule has 1 fully saturated rings. The first-order valence-corrected chi connectivity index (χ1v) is 7.35. The number of nitriles is 1. The van der Waals surface area contributed by atoms with E-state index in [0.29, 0.717) is 31.3 Å². The quantitative estimate of drug-likeness (QED) is 0.786. The minimum absolute atomic E-state index is 0.291. The van der Waals surface area contributed by atoms with Crippen molar-refractivity contribution in [3.63, 3.8) is 0 Å². The third kappa shape index (κ3) is 4.32. The molecule has 0 saturated carbocycles. The molecule has 1 amide bonds. The molecule has 0 spiro atoms. The fourth-order valence-corrected chi connectivity index (χ4v) is 2.19. The summed E-state index contributed by atoms with van der Waals surface area (Å²) in [4.78, 5) is 24.2. The first-order valence-electron chi connectivity index (χ1n) is 7.35. The fraction of sp³-hybridized carbons (Fsp3) is 0.600. The van der Waals surface area contributed by atoms with Crippen molar-refractivity contribution in [2.24, 2.45) is 0 Å². The van der Waals surface area contributed by atoms with Crippen LogP contribution < -0.4 is 4.90 Å². The molecule has 1 aromatic rings. The number of nitrogens with zero attached hydrogens (tertiary/aromatic N) is 5. The summed E-state index contributed by atoms with van der Waals surface area (Å²) < 4.78 is 5.40. The van der Waals surface area contributed by atoms with Crippen molar-refractivity contribution in [3.8, 4) is 6.07 Å². The first kappa shape index (κ1) is 16.0. The van der Waals surface area contributed by atoms with Gasteiger partial charge in [-0.05, 0) is 33.3 Å². The van der Waals surface area contributed by atoms with Crippen molar-refractivity contribution in [3.05, 3.63) is 18.0 Å². The molecule has 7 heteroatoms. The molecule has 1 aliphatic rings. The van der Waals surface area contributed by atoms with Crippen LogP contribution in [0.1, 0.15) is 32.9 Å². The lowest BCUT2D eigenvalue weighted by Gasteiger charge is -2.26. The molecule has 2 heterocycles. The molecule has 0 atom stereocenters. The largest absolute Gasteiger partial charge is 0.444 e. The normalized spacial score (nSPS) is 15.9. The Kier molecular flexibility index (Phi) is 4.81. The molecule has 0 N–H and O–H groups in total. The Morgan fingerprint density at radius 2 is 2.09 bits per heavy atom. The van der Waals surface area contributed by atoms with Gasteiger partial charge >= 0.3 is 6.09 Å². The molecule has 1 saturated heterocycles. The molecule has 7 nitrogen and oxygen atoms in total. The van der Waals surface area contributed by atoms with Crippen molar-refractivity contribution >= 4 is 12.0 Å². The standard InChI is InChI=1S/C15H21N5O2/c1-15(2,3)22-14(21)20-8-4-7-19(9-10-20)13-17-6-5-12(11-16)18-13/h5-6H,4,7-10H2,1-3H3. The molecule has 22 heavy (non-hydrogen) atoms. The van der Waals surface area contributed by atoms with E-state index >= 15 is 0 Å². The molecule has 0 aromatic carbocycles. The van der Waals surface area contributed by atoms with E-state index in [1.165, 1.54) is 0 Å². The number of anilines is 1. The number of rotatable bonds is 1. The summed E-state index contributed by atoms with van der Waals surface area (Å²) >= 11 is 0. The number of amides is 1. The molecule has 0 unspecified atom stereocenters. The Bertz CT molecular complexity index is 576. The van der Waals surface area contributed by atoms with E-state index in [0.717, 1.165) is 13.0 Å². The van der Waals surface area contributed by atoms with Gasteiger partial charge in [-0.15, -0.1) is 0 Å². The van der Waals surface area contributed by atoms with Gasteiger partial charge in [-0.2, -0.15) is 5.26 Å². The van der Waals surface area contributed by atoms with E-state index < -0.39 is 5.60 Å². The summed E-state index contributed by atoms with van der Waals surface area (Å²) in [5.41, 5.74) is -0.147. The van der Waals surface area contributed by atoms with Crippen LogP contribution >= 0.6 is 0 Å². The highest BCUT2D eigenvalue weighted by Gasteiger charge is 2.25. The van der Waals surface area contributed by atoms with Gasteiger partial charge in [-0.25, -0.2) is 14.8 Å². The maximum Gasteiger partial charge on any atom is 0.410 e. The molecular weight excluding hydrogens is 282 g/mol. The monoisotopic (exact) mass is 303 g/mol.